The molecule has 0 aromatic heterocycles. The molecule has 0 N–H and O–H groups in total. The SMILES string of the molecule is Cc1cc(Br)cc(C[C@H](C(=O)N2C(=O)OC[C@@H]2Cc2ccccc2)[C@H]2CCN(C(=O)OC(C)(C)C)C2)c1. The second kappa shape index (κ2) is 11.3. The molecule has 37 heavy (non-hydrogen) atoms. The number of amides is 3. The summed E-state index contributed by atoms with van der Waals surface area (Å²) in [5, 5.41) is 0. The van der Waals surface area contributed by atoms with Crippen LogP contribution in [-0.4, -0.2) is 59.2 Å². The van der Waals surface area contributed by atoms with Gasteiger partial charge in [-0.1, -0.05) is 52.3 Å². The highest BCUT2D eigenvalue weighted by molar-refractivity contribution is 9.10. The Hall–Kier alpha value is -2.87. The monoisotopic (exact) mass is 570 g/mol. The topological polar surface area (TPSA) is 76.2 Å². The van der Waals surface area contributed by atoms with E-state index in [0.717, 1.165) is 21.2 Å². The predicted octanol–water partition coefficient (Wildman–Crippen LogP) is 5.76. The van der Waals surface area contributed by atoms with Crippen molar-refractivity contribution in [3.05, 3.63) is 69.7 Å². The summed E-state index contributed by atoms with van der Waals surface area (Å²) in [4.78, 5) is 42.6. The molecule has 2 aromatic rings. The van der Waals surface area contributed by atoms with Crippen LogP contribution in [0.25, 0.3) is 0 Å². The maximum absolute atomic E-state index is 14.1. The number of halogens is 1. The zero-order chi connectivity index (χ0) is 26.7. The molecule has 2 aromatic carbocycles. The van der Waals surface area contributed by atoms with Crippen molar-refractivity contribution in [2.24, 2.45) is 11.8 Å². The Bertz CT molecular complexity index is 1130. The molecule has 0 unspecified atom stereocenters. The first kappa shape index (κ1) is 27.2. The van der Waals surface area contributed by atoms with Crippen molar-refractivity contribution >= 4 is 34.0 Å². The zero-order valence-corrected chi connectivity index (χ0v) is 23.5. The van der Waals surface area contributed by atoms with Gasteiger partial charge in [0.15, 0.2) is 0 Å². The van der Waals surface area contributed by atoms with Crippen molar-refractivity contribution in [1.82, 2.24) is 9.80 Å². The molecule has 0 bridgehead atoms. The van der Waals surface area contributed by atoms with Crippen molar-refractivity contribution in [3.8, 4) is 0 Å². The third-order valence-electron chi connectivity index (χ3n) is 6.83. The molecular weight excluding hydrogens is 536 g/mol. The zero-order valence-electron chi connectivity index (χ0n) is 21.9. The van der Waals surface area contributed by atoms with Gasteiger partial charge in [0.25, 0.3) is 0 Å². The van der Waals surface area contributed by atoms with Crippen molar-refractivity contribution in [1.29, 1.82) is 0 Å². The highest BCUT2D eigenvalue weighted by Crippen LogP contribution is 2.33. The Kier molecular flexibility index (Phi) is 8.26. The summed E-state index contributed by atoms with van der Waals surface area (Å²) in [6, 6.07) is 15.5. The first-order chi connectivity index (χ1) is 17.5. The summed E-state index contributed by atoms with van der Waals surface area (Å²) in [5.74, 6) is -0.827. The number of cyclic esters (lactones) is 1. The van der Waals surface area contributed by atoms with Gasteiger partial charge in [0.05, 0.1) is 6.04 Å². The van der Waals surface area contributed by atoms with Gasteiger partial charge in [0, 0.05) is 23.5 Å². The lowest BCUT2D eigenvalue weighted by Gasteiger charge is -2.29. The van der Waals surface area contributed by atoms with Crippen LogP contribution in [0.15, 0.2) is 53.0 Å². The molecule has 2 aliphatic heterocycles. The fourth-order valence-corrected chi connectivity index (χ4v) is 5.85. The summed E-state index contributed by atoms with van der Waals surface area (Å²) in [6.07, 6.45) is 0.698. The van der Waals surface area contributed by atoms with Crippen molar-refractivity contribution in [3.63, 3.8) is 0 Å². The van der Waals surface area contributed by atoms with E-state index in [-0.39, 0.29) is 30.6 Å². The van der Waals surface area contributed by atoms with Crippen LogP contribution in [0, 0.1) is 18.8 Å². The van der Waals surface area contributed by atoms with Crippen molar-refractivity contribution in [2.75, 3.05) is 19.7 Å². The number of carbonyl (C=O) groups is 3. The molecule has 0 saturated carbocycles. The van der Waals surface area contributed by atoms with E-state index in [1.165, 1.54) is 4.90 Å². The maximum atomic E-state index is 14.1. The van der Waals surface area contributed by atoms with Crippen LogP contribution >= 0.6 is 15.9 Å². The molecule has 0 radical (unpaired) electrons. The summed E-state index contributed by atoms with van der Waals surface area (Å²) >= 11 is 3.56. The molecule has 3 atom stereocenters. The van der Waals surface area contributed by atoms with E-state index in [0.29, 0.717) is 32.4 Å². The first-order valence-electron chi connectivity index (χ1n) is 12.8. The lowest BCUT2D eigenvalue weighted by molar-refractivity contribution is -0.135. The lowest BCUT2D eigenvalue weighted by Crippen LogP contribution is -2.46. The number of hydrogen-bond donors (Lipinski definition) is 0. The molecule has 8 heteroatoms. The number of rotatable bonds is 6. The van der Waals surface area contributed by atoms with E-state index in [2.05, 4.69) is 22.0 Å². The summed E-state index contributed by atoms with van der Waals surface area (Å²) in [5.41, 5.74) is 2.54. The van der Waals surface area contributed by atoms with Crippen LogP contribution in [0.4, 0.5) is 9.59 Å². The minimum Gasteiger partial charge on any atom is -0.447 e. The maximum Gasteiger partial charge on any atom is 0.416 e. The number of nitrogens with zero attached hydrogens (tertiary/aromatic N) is 2. The third kappa shape index (κ3) is 6.92. The van der Waals surface area contributed by atoms with E-state index in [4.69, 9.17) is 9.47 Å². The number of hydrogen-bond acceptors (Lipinski definition) is 5. The minimum atomic E-state index is -0.595. The van der Waals surface area contributed by atoms with Gasteiger partial charge >= 0.3 is 12.2 Å². The predicted molar refractivity (Wildman–Crippen MR) is 144 cm³/mol. The molecule has 0 aliphatic carbocycles. The second-order valence-corrected chi connectivity index (χ2v) is 12.0. The Balaban J connectivity index is 1.59. The molecule has 2 aliphatic rings. The number of aryl methyl sites for hydroxylation is 1. The van der Waals surface area contributed by atoms with E-state index in [1.807, 2.05) is 70.2 Å². The van der Waals surface area contributed by atoms with Crippen LogP contribution in [0.2, 0.25) is 0 Å². The van der Waals surface area contributed by atoms with Crippen LogP contribution in [0.3, 0.4) is 0 Å². The Morgan fingerprint density at radius 1 is 1.14 bits per heavy atom. The molecule has 2 fully saturated rings. The van der Waals surface area contributed by atoms with Gasteiger partial charge in [-0.25, -0.2) is 14.5 Å². The van der Waals surface area contributed by atoms with Crippen molar-refractivity contribution in [2.45, 2.75) is 58.6 Å². The van der Waals surface area contributed by atoms with Gasteiger partial charge < -0.3 is 14.4 Å². The fraction of sp³-hybridized carbons (Fsp3) is 0.483. The van der Waals surface area contributed by atoms with Crippen LogP contribution in [0.1, 0.15) is 43.9 Å². The largest absolute Gasteiger partial charge is 0.447 e. The number of imide groups is 1. The quantitative estimate of drug-likeness (QED) is 0.441. The Labute approximate surface area is 227 Å². The molecule has 7 nitrogen and oxygen atoms in total. The number of carbonyl (C=O) groups excluding carboxylic acids is 3. The van der Waals surface area contributed by atoms with Gasteiger partial charge in [0.2, 0.25) is 5.91 Å². The van der Waals surface area contributed by atoms with Gasteiger partial charge in [-0.15, -0.1) is 0 Å². The standard InChI is InChI=1S/C29H35BrN2O5/c1-19-12-21(14-23(30)13-19)16-25(22-10-11-31(17-22)27(34)37-29(2,3)4)26(33)32-24(18-36-28(32)35)15-20-8-6-5-7-9-20/h5-9,12-14,22,24-25H,10-11,15-18H2,1-4H3/t22-,24-,25-/m0/s1. The van der Waals surface area contributed by atoms with Gasteiger partial charge in [-0.2, -0.15) is 0 Å². The number of benzene rings is 2. The van der Waals surface area contributed by atoms with E-state index in [1.54, 1.807) is 4.90 Å². The van der Waals surface area contributed by atoms with E-state index >= 15 is 0 Å². The molecule has 4 rings (SSSR count). The Morgan fingerprint density at radius 2 is 1.86 bits per heavy atom. The molecule has 198 valence electrons. The van der Waals surface area contributed by atoms with Gasteiger partial charge in [0.1, 0.15) is 12.2 Å². The van der Waals surface area contributed by atoms with Gasteiger partial charge in [-0.05, 0) is 81.7 Å². The number of ether oxygens (including phenoxy) is 2. The van der Waals surface area contributed by atoms with Crippen molar-refractivity contribution < 1.29 is 23.9 Å². The Morgan fingerprint density at radius 3 is 2.54 bits per heavy atom. The summed E-state index contributed by atoms with van der Waals surface area (Å²) in [6.45, 7) is 8.63. The normalized spacial score (nSPS) is 20.6. The smallest absolute Gasteiger partial charge is 0.416 e. The number of likely N-dealkylation sites (tertiary alicyclic amines) is 1. The average molecular weight is 572 g/mol. The third-order valence-corrected chi connectivity index (χ3v) is 7.29. The minimum absolute atomic E-state index is 0.106. The second-order valence-electron chi connectivity index (χ2n) is 11.1. The lowest BCUT2D eigenvalue weighted by atomic mass is 9.84. The van der Waals surface area contributed by atoms with Gasteiger partial charge in [-0.3, -0.25) is 4.79 Å². The van der Waals surface area contributed by atoms with E-state index < -0.39 is 17.6 Å². The highest BCUT2D eigenvalue weighted by atomic mass is 79.9. The average Bonchev–Trinajstić information content (AvgIpc) is 3.43. The molecular formula is C29H35BrN2O5. The van der Waals surface area contributed by atoms with E-state index in [9.17, 15) is 14.4 Å². The van der Waals surface area contributed by atoms with Crippen LogP contribution in [0.5, 0.6) is 0 Å². The summed E-state index contributed by atoms with van der Waals surface area (Å²) in [7, 11) is 0. The molecule has 2 saturated heterocycles. The van der Waals surface area contributed by atoms with Crippen LogP contribution in [-0.2, 0) is 27.1 Å². The molecule has 3 amide bonds. The summed E-state index contributed by atoms with van der Waals surface area (Å²) < 4.78 is 11.9. The fourth-order valence-electron chi connectivity index (χ4n) is 5.19. The van der Waals surface area contributed by atoms with Crippen LogP contribution < -0.4 is 0 Å². The molecule has 0 spiro atoms. The first-order valence-corrected chi connectivity index (χ1v) is 13.6. The highest BCUT2D eigenvalue weighted by Gasteiger charge is 2.45. The molecule has 2 heterocycles.